The second-order valence-corrected chi connectivity index (χ2v) is 2.66. The van der Waals surface area contributed by atoms with Crippen LogP contribution >= 0.6 is 0 Å². The molecule has 1 rings (SSSR count). The Hall–Kier alpha value is -0.480. The summed E-state index contributed by atoms with van der Waals surface area (Å²) in [6.45, 7) is 1.34. The van der Waals surface area contributed by atoms with Crippen molar-refractivity contribution in [1.29, 1.82) is 0 Å². The quantitative estimate of drug-likeness (QED) is 0.384. The summed E-state index contributed by atoms with van der Waals surface area (Å²) in [6.07, 6.45) is -0.328. The zero-order valence-electron chi connectivity index (χ0n) is 6.06. The van der Waals surface area contributed by atoms with Crippen LogP contribution in [0, 0.1) is 0 Å². The molecule has 0 saturated carbocycles. The molecule has 1 fully saturated rings. The van der Waals surface area contributed by atoms with Crippen molar-refractivity contribution < 1.29 is 26.5 Å². The molecule has 1 aliphatic heterocycles. The molecule has 0 aromatic rings. The van der Waals surface area contributed by atoms with Crippen molar-refractivity contribution in [2.45, 2.75) is 0 Å². The average molecular weight is 167 g/mol. The predicted octanol–water partition coefficient (Wildman–Crippen LogP) is -3.28. The molecule has 60 valence electrons. The number of carbonyl (C=O) groups is 1. The highest BCUT2D eigenvalue weighted by molar-refractivity contribution is 5.66. The molecule has 0 spiro atoms. The Bertz CT molecular complexity index is 138. The molecule has 1 amide bonds. The molecule has 10 heavy (non-hydrogen) atoms. The summed E-state index contributed by atoms with van der Waals surface area (Å²) in [5.41, 5.74) is 2.63. The molecule has 0 unspecified atom stereocenters. The molecule has 1 heterocycles. The summed E-state index contributed by atoms with van der Waals surface area (Å²) in [6, 6.07) is 0. The maximum atomic E-state index is 10.5. The van der Waals surface area contributed by atoms with E-state index in [2.05, 4.69) is 10.2 Å². The van der Waals surface area contributed by atoms with Gasteiger partial charge in [-0.3, -0.25) is 0 Å². The fourth-order valence-corrected chi connectivity index (χ4v) is 0.702. The number of ether oxygens (including phenoxy) is 1. The maximum Gasteiger partial charge on any atom is 0.452 e. The number of amides is 1. The van der Waals surface area contributed by atoms with Crippen molar-refractivity contribution in [2.75, 3.05) is 27.2 Å². The van der Waals surface area contributed by atoms with Gasteiger partial charge in [0.15, 0.2) is 0 Å². The van der Waals surface area contributed by atoms with Gasteiger partial charge in [-0.05, 0) is 0 Å². The minimum absolute atomic E-state index is 0. The van der Waals surface area contributed by atoms with E-state index in [0.717, 1.165) is 6.54 Å². The predicted molar refractivity (Wildman–Crippen MR) is 31.5 cm³/mol. The van der Waals surface area contributed by atoms with E-state index in [9.17, 15) is 4.79 Å². The van der Waals surface area contributed by atoms with Gasteiger partial charge in [-0.2, -0.15) is 5.43 Å². The first-order valence-electron chi connectivity index (χ1n) is 2.88. The van der Waals surface area contributed by atoms with E-state index in [1.807, 2.05) is 14.1 Å². The lowest BCUT2D eigenvalue weighted by Crippen LogP contribution is -3.00. The molecule has 1 saturated heterocycles. The summed E-state index contributed by atoms with van der Waals surface area (Å²) >= 11 is 0. The topological polar surface area (TPSA) is 38.3 Å². The maximum absolute atomic E-state index is 10.5. The molecule has 0 atom stereocenters. The Kier molecular flexibility index (Phi) is 2.93. The molecular formula is C5H11ClN2O2. The SMILES string of the molecule is C[N+]1(C)CCOC(=O)N1.[Cl-]. The number of halogens is 1. The lowest BCUT2D eigenvalue weighted by Gasteiger charge is -2.31. The first-order chi connectivity index (χ1) is 4.10. The standard InChI is InChI=1S/C5H10N2O2.ClH/c1-7(2)3-4-9-5(8)6-7;/h3-4H2,1-2H3;1H. The van der Waals surface area contributed by atoms with Crippen molar-refractivity contribution in [1.82, 2.24) is 5.43 Å². The van der Waals surface area contributed by atoms with Gasteiger partial charge < -0.3 is 17.1 Å². The van der Waals surface area contributed by atoms with Gasteiger partial charge in [-0.1, -0.05) is 0 Å². The van der Waals surface area contributed by atoms with E-state index in [0.29, 0.717) is 11.2 Å². The fourth-order valence-electron chi connectivity index (χ4n) is 0.702. The van der Waals surface area contributed by atoms with Gasteiger partial charge in [0.25, 0.3) is 0 Å². The van der Waals surface area contributed by atoms with Gasteiger partial charge >= 0.3 is 6.09 Å². The van der Waals surface area contributed by atoms with E-state index < -0.39 is 0 Å². The smallest absolute Gasteiger partial charge is 0.452 e. The van der Waals surface area contributed by atoms with Crippen molar-refractivity contribution >= 4 is 6.09 Å². The van der Waals surface area contributed by atoms with Crippen LogP contribution in [0.15, 0.2) is 0 Å². The van der Waals surface area contributed by atoms with Crippen molar-refractivity contribution in [3.8, 4) is 0 Å². The molecule has 4 nitrogen and oxygen atoms in total. The molecule has 0 aromatic heterocycles. The largest absolute Gasteiger partial charge is 1.00 e. The lowest BCUT2D eigenvalue weighted by atomic mass is 10.6. The van der Waals surface area contributed by atoms with Gasteiger partial charge in [0.2, 0.25) is 0 Å². The summed E-state index contributed by atoms with van der Waals surface area (Å²) in [5, 5.41) is 0. The van der Waals surface area contributed by atoms with Crippen LogP contribution in [-0.2, 0) is 4.74 Å². The van der Waals surface area contributed by atoms with E-state index >= 15 is 0 Å². The van der Waals surface area contributed by atoms with Gasteiger partial charge in [-0.25, -0.2) is 9.39 Å². The van der Waals surface area contributed by atoms with Gasteiger partial charge in [0.1, 0.15) is 13.2 Å². The minimum Gasteiger partial charge on any atom is -1.00 e. The Morgan fingerprint density at radius 1 is 1.60 bits per heavy atom. The number of cyclic esters (lactones) is 1. The number of rotatable bonds is 0. The average Bonchev–Trinajstić information content (AvgIpc) is 1.60. The first-order valence-corrected chi connectivity index (χ1v) is 2.88. The second kappa shape index (κ2) is 3.07. The van der Waals surface area contributed by atoms with Crippen molar-refractivity contribution in [3.05, 3.63) is 0 Å². The Morgan fingerprint density at radius 3 is 2.50 bits per heavy atom. The van der Waals surface area contributed by atoms with Gasteiger partial charge in [-0.15, -0.1) is 0 Å². The number of hydrogen-bond donors (Lipinski definition) is 1. The van der Waals surface area contributed by atoms with Crippen LogP contribution < -0.4 is 17.8 Å². The third-order valence-electron chi connectivity index (χ3n) is 1.28. The number of hydrogen-bond acceptors (Lipinski definition) is 2. The molecule has 0 radical (unpaired) electrons. The third-order valence-corrected chi connectivity index (χ3v) is 1.28. The van der Waals surface area contributed by atoms with Gasteiger partial charge in [0.05, 0.1) is 14.1 Å². The van der Waals surface area contributed by atoms with Crippen LogP contribution in [0.25, 0.3) is 0 Å². The third kappa shape index (κ3) is 2.41. The molecule has 0 aliphatic carbocycles. The minimum atomic E-state index is -0.328. The number of likely N-dealkylation sites (N-methyl/N-ethyl adjacent to an activating group) is 1. The Balaban J connectivity index is 0.000000810. The van der Waals surface area contributed by atoms with Crippen LogP contribution in [0.3, 0.4) is 0 Å². The van der Waals surface area contributed by atoms with Crippen LogP contribution in [-0.4, -0.2) is 37.9 Å². The number of nitrogens with one attached hydrogen (secondary N) is 1. The molecule has 0 bridgehead atoms. The number of carbonyl (C=O) groups excluding carboxylic acids is 1. The molecule has 1 aliphatic rings. The summed E-state index contributed by atoms with van der Waals surface area (Å²) in [7, 11) is 3.83. The highest BCUT2D eigenvalue weighted by Crippen LogP contribution is 1.97. The van der Waals surface area contributed by atoms with E-state index in [1.165, 1.54) is 0 Å². The van der Waals surface area contributed by atoms with Crippen LogP contribution in [0.1, 0.15) is 0 Å². The van der Waals surface area contributed by atoms with Gasteiger partial charge in [0, 0.05) is 0 Å². The van der Waals surface area contributed by atoms with Crippen LogP contribution in [0.4, 0.5) is 4.79 Å². The lowest BCUT2D eigenvalue weighted by molar-refractivity contribution is -0.930. The molecule has 0 aromatic carbocycles. The van der Waals surface area contributed by atoms with E-state index in [-0.39, 0.29) is 18.5 Å². The fraction of sp³-hybridized carbons (Fsp3) is 0.800. The van der Waals surface area contributed by atoms with E-state index in [4.69, 9.17) is 0 Å². The zero-order valence-corrected chi connectivity index (χ0v) is 6.81. The highest BCUT2D eigenvalue weighted by Gasteiger charge is 2.24. The zero-order chi connectivity index (χ0) is 6.91. The normalized spacial score (nSPS) is 22.0. The van der Waals surface area contributed by atoms with Crippen molar-refractivity contribution in [3.63, 3.8) is 0 Å². The van der Waals surface area contributed by atoms with Crippen molar-refractivity contribution in [2.24, 2.45) is 0 Å². The Morgan fingerprint density at radius 2 is 2.20 bits per heavy atom. The summed E-state index contributed by atoms with van der Waals surface area (Å²) < 4.78 is 5.16. The van der Waals surface area contributed by atoms with Crippen LogP contribution in [0.2, 0.25) is 0 Å². The molecule has 5 heteroatoms. The van der Waals surface area contributed by atoms with E-state index in [1.54, 1.807) is 0 Å². The number of nitrogens with zero attached hydrogens (tertiary/aromatic N) is 1. The van der Waals surface area contributed by atoms with Crippen LogP contribution in [0.5, 0.6) is 0 Å². The summed E-state index contributed by atoms with van der Waals surface area (Å²) in [5.74, 6) is 0. The monoisotopic (exact) mass is 166 g/mol. The number of quaternary nitrogens is 1. The molecular weight excluding hydrogens is 156 g/mol. The summed E-state index contributed by atoms with van der Waals surface area (Å²) in [4.78, 5) is 10.5. The second-order valence-electron chi connectivity index (χ2n) is 2.66. The highest BCUT2D eigenvalue weighted by atomic mass is 35.5. The Labute approximate surface area is 66.1 Å². The molecule has 1 N–H and O–H groups in total. The first kappa shape index (κ1) is 9.52.